The van der Waals surface area contributed by atoms with Crippen LogP contribution in [-0.4, -0.2) is 43.2 Å². The standard InChI is InChI=1S/C15H17N5O2S/c1-7(21)6-16-14(22)12-18-13-11-9-4-3-5-10(9)23-15(11)17-8(2)20(13)19-12/h7,21H,3-6H2,1-2H3,(H,16,22)/t7-/m0/s1. The van der Waals surface area contributed by atoms with E-state index in [0.29, 0.717) is 5.65 Å². The van der Waals surface area contributed by atoms with Gasteiger partial charge in [-0.3, -0.25) is 4.79 Å². The SMILES string of the molecule is Cc1nc2sc3c(c2c2nc(C(=O)NC[C@H](C)O)nn12)CCC3. The van der Waals surface area contributed by atoms with Gasteiger partial charge in [-0.05, 0) is 38.7 Å². The number of aliphatic hydroxyl groups excluding tert-OH is 1. The van der Waals surface area contributed by atoms with Crippen LogP contribution in [0.4, 0.5) is 0 Å². The fourth-order valence-corrected chi connectivity index (χ4v) is 4.31. The quantitative estimate of drug-likeness (QED) is 0.753. The minimum absolute atomic E-state index is 0.112. The number of nitrogens with one attached hydrogen (secondary N) is 1. The number of rotatable bonds is 3. The Morgan fingerprint density at radius 3 is 3.04 bits per heavy atom. The molecular weight excluding hydrogens is 314 g/mol. The molecule has 4 rings (SSSR count). The Hall–Kier alpha value is -2.06. The molecule has 120 valence electrons. The zero-order valence-electron chi connectivity index (χ0n) is 13.0. The molecule has 3 aromatic heterocycles. The van der Waals surface area contributed by atoms with Crippen molar-refractivity contribution < 1.29 is 9.90 Å². The van der Waals surface area contributed by atoms with Crippen LogP contribution in [0.3, 0.4) is 0 Å². The van der Waals surface area contributed by atoms with E-state index in [2.05, 4.69) is 20.4 Å². The first kappa shape index (κ1) is 14.5. The van der Waals surface area contributed by atoms with Gasteiger partial charge in [0, 0.05) is 11.4 Å². The van der Waals surface area contributed by atoms with E-state index >= 15 is 0 Å². The van der Waals surface area contributed by atoms with Gasteiger partial charge in [0.05, 0.1) is 11.5 Å². The van der Waals surface area contributed by atoms with Gasteiger partial charge in [0.15, 0.2) is 5.65 Å². The number of hydrogen-bond acceptors (Lipinski definition) is 6. The van der Waals surface area contributed by atoms with Crippen LogP contribution < -0.4 is 5.32 Å². The van der Waals surface area contributed by atoms with Gasteiger partial charge in [-0.15, -0.1) is 16.4 Å². The van der Waals surface area contributed by atoms with Crippen LogP contribution in [0.2, 0.25) is 0 Å². The molecule has 0 unspecified atom stereocenters. The number of aliphatic hydroxyl groups is 1. The largest absolute Gasteiger partial charge is 0.392 e. The molecule has 1 aliphatic carbocycles. The first-order chi connectivity index (χ1) is 11.0. The maximum Gasteiger partial charge on any atom is 0.291 e. The highest BCUT2D eigenvalue weighted by atomic mass is 32.1. The topological polar surface area (TPSA) is 92.4 Å². The average molecular weight is 331 g/mol. The van der Waals surface area contributed by atoms with Crippen LogP contribution in [-0.2, 0) is 12.8 Å². The number of aryl methyl sites for hydroxylation is 3. The molecule has 3 aromatic rings. The molecular formula is C15H17N5O2S. The lowest BCUT2D eigenvalue weighted by Gasteiger charge is -2.03. The molecule has 1 aliphatic rings. The predicted molar refractivity (Wildman–Crippen MR) is 86.9 cm³/mol. The van der Waals surface area contributed by atoms with E-state index in [1.165, 1.54) is 10.4 Å². The summed E-state index contributed by atoms with van der Waals surface area (Å²) in [6, 6.07) is 0. The van der Waals surface area contributed by atoms with Crippen LogP contribution in [0.25, 0.3) is 15.9 Å². The number of carbonyl (C=O) groups excluding carboxylic acids is 1. The molecule has 0 aromatic carbocycles. The number of carbonyl (C=O) groups is 1. The van der Waals surface area contributed by atoms with Gasteiger partial charge in [-0.2, -0.15) is 4.52 Å². The van der Waals surface area contributed by atoms with Crippen molar-refractivity contribution in [2.24, 2.45) is 0 Å². The van der Waals surface area contributed by atoms with Crippen molar-refractivity contribution in [1.29, 1.82) is 0 Å². The van der Waals surface area contributed by atoms with E-state index in [-0.39, 0.29) is 18.3 Å². The molecule has 1 amide bonds. The number of fused-ring (bicyclic) bond motifs is 5. The average Bonchev–Trinajstić information content (AvgIpc) is 3.17. The summed E-state index contributed by atoms with van der Waals surface area (Å²) in [6.07, 6.45) is 2.68. The summed E-state index contributed by atoms with van der Waals surface area (Å²) >= 11 is 1.72. The van der Waals surface area contributed by atoms with Crippen molar-refractivity contribution in [3.63, 3.8) is 0 Å². The van der Waals surface area contributed by atoms with Gasteiger partial charge < -0.3 is 10.4 Å². The van der Waals surface area contributed by atoms with Crippen molar-refractivity contribution in [2.75, 3.05) is 6.54 Å². The number of nitrogens with zero attached hydrogens (tertiary/aromatic N) is 4. The third-order valence-electron chi connectivity index (χ3n) is 4.06. The smallest absolute Gasteiger partial charge is 0.291 e. The lowest BCUT2D eigenvalue weighted by molar-refractivity contribution is 0.0914. The van der Waals surface area contributed by atoms with E-state index in [9.17, 15) is 9.90 Å². The van der Waals surface area contributed by atoms with Crippen LogP contribution in [0, 0.1) is 6.92 Å². The molecule has 2 N–H and O–H groups in total. The van der Waals surface area contributed by atoms with Crippen molar-refractivity contribution in [2.45, 2.75) is 39.2 Å². The maximum atomic E-state index is 12.2. The summed E-state index contributed by atoms with van der Waals surface area (Å²) in [4.78, 5) is 23.6. The molecule has 7 nitrogen and oxygen atoms in total. The number of thiophene rings is 1. The van der Waals surface area contributed by atoms with Gasteiger partial charge in [-0.25, -0.2) is 9.97 Å². The molecule has 0 aliphatic heterocycles. The Balaban J connectivity index is 1.85. The van der Waals surface area contributed by atoms with Gasteiger partial charge in [0.1, 0.15) is 10.7 Å². The molecule has 0 spiro atoms. The highest BCUT2D eigenvalue weighted by molar-refractivity contribution is 7.19. The van der Waals surface area contributed by atoms with E-state index in [1.54, 1.807) is 22.8 Å². The Morgan fingerprint density at radius 1 is 1.43 bits per heavy atom. The van der Waals surface area contributed by atoms with Crippen LogP contribution >= 0.6 is 11.3 Å². The highest BCUT2D eigenvalue weighted by Gasteiger charge is 2.24. The summed E-state index contributed by atoms with van der Waals surface area (Å²) in [7, 11) is 0. The van der Waals surface area contributed by atoms with Crippen molar-refractivity contribution in [1.82, 2.24) is 24.9 Å². The Labute approximate surface area is 136 Å². The Kier molecular flexibility index (Phi) is 3.31. The molecule has 0 saturated heterocycles. The predicted octanol–water partition coefficient (Wildman–Crippen LogP) is 1.25. The van der Waals surface area contributed by atoms with E-state index in [1.807, 2.05) is 6.92 Å². The van der Waals surface area contributed by atoms with Crippen molar-refractivity contribution in [3.05, 3.63) is 22.1 Å². The van der Waals surface area contributed by atoms with Gasteiger partial charge in [0.2, 0.25) is 5.82 Å². The van der Waals surface area contributed by atoms with Crippen LogP contribution in [0.5, 0.6) is 0 Å². The monoisotopic (exact) mass is 331 g/mol. The van der Waals surface area contributed by atoms with Crippen LogP contribution in [0.15, 0.2) is 0 Å². The second kappa shape index (κ2) is 5.24. The fourth-order valence-electron chi connectivity index (χ4n) is 3.01. The second-order valence-electron chi connectivity index (χ2n) is 5.93. The minimum Gasteiger partial charge on any atom is -0.392 e. The second-order valence-corrected chi connectivity index (χ2v) is 7.01. The molecule has 3 heterocycles. The van der Waals surface area contributed by atoms with Gasteiger partial charge in [-0.1, -0.05) is 0 Å². The third kappa shape index (κ3) is 2.29. The van der Waals surface area contributed by atoms with Crippen LogP contribution in [0.1, 0.15) is 40.2 Å². The van der Waals surface area contributed by atoms with Crippen molar-refractivity contribution in [3.8, 4) is 0 Å². The zero-order chi connectivity index (χ0) is 16.1. The summed E-state index contributed by atoms with van der Waals surface area (Å²) in [6.45, 7) is 3.65. The molecule has 0 fully saturated rings. The van der Waals surface area contributed by atoms with E-state index < -0.39 is 6.10 Å². The number of hydrogen-bond donors (Lipinski definition) is 2. The summed E-state index contributed by atoms with van der Waals surface area (Å²) < 4.78 is 1.64. The van der Waals surface area contributed by atoms with Gasteiger partial charge >= 0.3 is 0 Å². The Morgan fingerprint density at radius 2 is 2.26 bits per heavy atom. The first-order valence-electron chi connectivity index (χ1n) is 7.68. The van der Waals surface area contributed by atoms with E-state index in [4.69, 9.17) is 0 Å². The third-order valence-corrected chi connectivity index (χ3v) is 5.25. The Bertz CT molecular complexity index is 927. The minimum atomic E-state index is -0.605. The maximum absolute atomic E-state index is 12.2. The highest BCUT2D eigenvalue weighted by Crippen LogP contribution is 2.38. The first-order valence-corrected chi connectivity index (χ1v) is 8.50. The molecule has 0 saturated carbocycles. The van der Waals surface area contributed by atoms with Crippen molar-refractivity contribution >= 4 is 33.1 Å². The normalized spacial score (nSPS) is 15.3. The molecule has 8 heteroatoms. The summed E-state index contributed by atoms with van der Waals surface area (Å²) in [5, 5.41) is 17.2. The van der Waals surface area contributed by atoms with E-state index in [0.717, 1.165) is 35.3 Å². The molecule has 0 bridgehead atoms. The lowest BCUT2D eigenvalue weighted by Crippen LogP contribution is -2.31. The lowest BCUT2D eigenvalue weighted by atomic mass is 10.2. The summed E-state index contributed by atoms with van der Waals surface area (Å²) in [5.74, 6) is 0.449. The number of amides is 1. The fraction of sp³-hybridized carbons (Fsp3) is 0.467. The molecule has 0 radical (unpaired) electrons. The van der Waals surface area contributed by atoms with Gasteiger partial charge in [0.25, 0.3) is 5.91 Å². The molecule has 1 atom stereocenters. The molecule has 23 heavy (non-hydrogen) atoms. The number of aromatic nitrogens is 4. The zero-order valence-corrected chi connectivity index (χ0v) is 13.8. The summed E-state index contributed by atoms with van der Waals surface area (Å²) in [5.41, 5.74) is 2.01.